The highest BCUT2D eigenvalue weighted by atomic mass is 32.1. The fourth-order valence-electron chi connectivity index (χ4n) is 2.29. The molecule has 0 radical (unpaired) electrons. The predicted molar refractivity (Wildman–Crippen MR) is 71.2 cm³/mol. The van der Waals surface area contributed by atoms with Gasteiger partial charge in [-0.05, 0) is 42.2 Å². The summed E-state index contributed by atoms with van der Waals surface area (Å²) in [6.07, 6.45) is 2.41. The molecule has 1 aliphatic rings. The summed E-state index contributed by atoms with van der Waals surface area (Å²) in [5.74, 6) is 0. The first kappa shape index (κ1) is 12.1. The lowest BCUT2D eigenvalue weighted by Gasteiger charge is -2.41. The van der Waals surface area contributed by atoms with Crippen LogP contribution in [0.3, 0.4) is 0 Å². The molecule has 0 aromatic carbocycles. The van der Waals surface area contributed by atoms with Crippen molar-refractivity contribution in [2.75, 3.05) is 26.2 Å². The molecular weight excluding hydrogens is 216 g/mol. The van der Waals surface area contributed by atoms with Crippen molar-refractivity contribution in [2.45, 2.75) is 32.2 Å². The molecule has 16 heavy (non-hydrogen) atoms. The van der Waals surface area contributed by atoms with Crippen LogP contribution in [0, 0.1) is 0 Å². The number of nitrogens with zero attached hydrogens (tertiary/aromatic N) is 1. The van der Waals surface area contributed by atoms with E-state index in [1.54, 1.807) is 11.3 Å². The Balaban J connectivity index is 1.81. The third-order valence-corrected chi connectivity index (χ3v) is 4.36. The zero-order valence-corrected chi connectivity index (χ0v) is 11.1. The lowest BCUT2D eigenvalue weighted by atomic mass is 9.96. The van der Waals surface area contributed by atoms with Crippen LogP contribution in [0.25, 0.3) is 0 Å². The van der Waals surface area contributed by atoms with Gasteiger partial charge in [0, 0.05) is 31.7 Å². The Morgan fingerprint density at radius 2 is 2.44 bits per heavy atom. The summed E-state index contributed by atoms with van der Waals surface area (Å²) >= 11 is 1.80. The van der Waals surface area contributed by atoms with Gasteiger partial charge in [0.05, 0.1) is 0 Å². The first-order valence-corrected chi connectivity index (χ1v) is 7.14. The smallest absolute Gasteiger partial charge is 0.0278 e. The summed E-state index contributed by atoms with van der Waals surface area (Å²) in [6.45, 7) is 9.33. The van der Waals surface area contributed by atoms with Crippen LogP contribution in [0.5, 0.6) is 0 Å². The standard InChI is InChI=1S/C13H22N2S/c1-3-13(2)11-15(8-6-14-13)7-4-12-5-9-16-10-12/h5,9-10,14H,3-4,6-8,11H2,1-2H3. The molecule has 1 aromatic heterocycles. The van der Waals surface area contributed by atoms with Crippen LogP contribution in [0.4, 0.5) is 0 Å². The maximum Gasteiger partial charge on any atom is 0.0278 e. The van der Waals surface area contributed by atoms with Gasteiger partial charge in [0.15, 0.2) is 0 Å². The largest absolute Gasteiger partial charge is 0.309 e. The minimum absolute atomic E-state index is 0.326. The molecule has 1 fully saturated rings. The molecule has 0 aliphatic carbocycles. The summed E-state index contributed by atoms with van der Waals surface area (Å²) in [6, 6.07) is 2.24. The molecule has 90 valence electrons. The maximum absolute atomic E-state index is 3.63. The highest BCUT2D eigenvalue weighted by Crippen LogP contribution is 2.16. The van der Waals surface area contributed by atoms with Gasteiger partial charge in [-0.1, -0.05) is 6.92 Å². The zero-order chi connectivity index (χ0) is 11.4. The Hall–Kier alpha value is -0.380. The van der Waals surface area contributed by atoms with Crippen molar-refractivity contribution in [1.82, 2.24) is 10.2 Å². The summed E-state index contributed by atoms with van der Waals surface area (Å²) in [5.41, 5.74) is 1.81. The SMILES string of the molecule is CCC1(C)CN(CCc2ccsc2)CCN1. The van der Waals surface area contributed by atoms with Crippen molar-refractivity contribution in [1.29, 1.82) is 0 Å². The van der Waals surface area contributed by atoms with Crippen LogP contribution in [-0.4, -0.2) is 36.6 Å². The Bertz CT molecular complexity index is 310. The minimum atomic E-state index is 0.326. The lowest BCUT2D eigenvalue weighted by molar-refractivity contribution is 0.141. The molecule has 1 unspecified atom stereocenters. The monoisotopic (exact) mass is 238 g/mol. The van der Waals surface area contributed by atoms with E-state index in [1.165, 1.54) is 38.0 Å². The van der Waals surface area contributed by atoms with Gasteiger partial charge in [-0.25, -0.2) is 0 Å². The second kappa shape index (κ2) is 5.30. The van der Waals surface area contributed by atoms with Gasteiger partial charge >= 0.3 is 0 Å². The number of hydrogen-bond acceptors (Lipinski definition) is 3. The molecule has 0 amide bonds. The Morgan fingerprint density at radius 3 is 3.12 bits per heavy atom. The third kappa shape index (κ3) is 3.06. The summed E-state index contributed by atoms with van der Waals surface area (Å²) < 4.78 is 0. The number of rotatable bonds is 4. The summed E-state index contributed by atoms with van der Waals surface area (Å²) in [5, 5.41) is 8.06. The van der Waals surface area contributed by atoms with Gasteiger partial charge in [0.2, 0.25) is 0 Å². The van der Waals surface area contributed by atoms with Crippen molar-refractivity contribution in [2.24, 2.45) is 0 Å². The van der Waals surface area contributed by atoms with Crippen LogP contribution in [0.15, 0.2) is 16.8 Å². The van der Waals surface area contributed by atoms with Gasteiger partial charge in [-0.3, -0.25) is 4.90 Å². The normalized spacial score (nSPS) is 27.1. The molecule has 1 saturated heterocycles. The Morgan fingerprint density at radius 1 is 1.56 bits per heavy atom. The van der Waals surface area contributed by atoms with Crippen LogP contribution < -0.4 is 5.32 Å². The van der Waals surface area contributed by atoms with Crippen molar-refractivity contribution in [3.05, 3.63) is 22.4 Å². The molecule has 1 atom stereocenters. The second-order valence-corrected chi connectivity index (χ2v) is 5.78. The lowest BCUT2D eigenvalue weighted by Crippen LogP contribution is -2.58. The summed E-state index contributed by atoms with van der Waals surface area (Å²) in [4.78, 5) is 2.59. The topological polar surface area (TPSA) is 15.3 Å². The minimum Gasteiger partial charge on any atom is -0.309 e. The number of thiophene rings is 1. The van der Waals surface area contributed by atoms with E-state index in [1.807, 2.05) is 0 Å². The first-order chi connectivity index (χ1) is 7.72. The van der Waals surface area contributed by atoms with Crippen molar-refractivity contribution < 1.29 is 0 Å². The molecule has 1 aliphatic heterocycles. The van der Waals surface area contributed by atoms with E-state index in [2.05, 4.69) is 40.9 Å². The molecule has 0 bridgehead atoms. The fraction of sp³-hybridized carbons (Fsp3) is 0.692. The van der Waals surface area contributed by atoms with Crippen molar-refractivity contribution >= 4 is 11.3 Å². The molecule has 2 nitrogen and oxygen atoms in total. The third-order valence-electron chi connectivity index (χ3n) is 3.63. The maximum atomic E-state index is 3.63. The molecule has 0 saturated carbocycles. The van der Waals surface area contributed by atoms with E-state index in [4.69, 9.17) is 0 Å². The van der Waals surface area contributed by atoms with Gasteiger partial charge in [-0.2, -0.15) is 11.3 Å². The van der Waals surface area contributed by atoms with Crippen LogP contribution in [0.1, 0.15) is 25.8 Å². The average Bonchev–Trinajstić information content (AvgIpc) is 2.80. The highest BCUT2D eigenvalue weighted by molar-refractivity contribution is 7.07. The van der Waals surface area contributed by atoms with Gasteiger partial charge in [0.1, 0.15) is 0 Å². The molecule has 2 heterocycles. The second-order valence-electron chi connectivity index (χ2n) is 5.00. The molecule has 3 heteroatoms. The van der Waals surface area contributed by atoms with E-state index < -0.39 is 0 Å². The van der Waals surface area contributed by atoms with E-state index in [0.29, 0.717) is 5.54 Å². The van der Waals surface area contributed by atoms with Crippen LogP contribution >= 0.6 is 11.3 Å². The number of nitrogens with one attached hydrogen (secondary N) is 1. The van der Waals surface area contributed by atoms with Crippen LogP contribution in [0.2, 0.25) is 0 Å². The van der Waals surface area contributed by atoms with Crippen molar-refractivity contribution in [3.8, 4) is 0 Å². The molecule has 1 N–H and O–H groups in total. The number of piperazine rings is 1. The zero-order valence-electron chi connectivity index (χ0n) is 10.3. The van der Waals surface area contributed by atoms with Crippen LogP contribution in [-0.2, 0) is 6.42 Å². The van der Waals surface area contributed by atoms with Gasteiger partial charge in [0.25, 0.3) is 0 Å². The van der Waals surface area contributed by atoms with E-state index in [0.717, 1.165) is 6.54 Å². The first-order valence-electron chi connectivity index (χ1n) is 6.20. The van der Waals surface area contributed by atoms with Crippen molar-refractivity contribution in [3.63, 3.8) is 0 Å². The van der Waals surface area contributed by atoms with E-state index in [9.17, 15) is 0 Å². The molecule has 0 spiro atoms. The average molecular weight is 238 g/mol. The fourth-order valence-corrected chi connectivity index (χ4v) is 3.00. The quantitative estimate of drug-likeness (QED) is 0.866. The van der Waals surface area contributed by atoms with E-state index >= 15 is 0 Å². The predicted octanol–water partition coefficient (Wildman–Crippen LogP) is 2.36. The highest BCUT2D eigenvalue weighted by Gasteiger charge is 2.28. The summed E-state index contributed by atoms with van der Waals surface area (Å²) in [7, 11) is 0. The van der Waals surface area contributed by atoms with Gasteiger partial charge in [-0.15, -0.1) is 0 Å². The van der Waals surface area contributed by atoms with Gasteiger partial charge < -0.3 is 5.32 Å². The molecular formula is C13H22N2S. The number of hydrogen-bond donors (Lipinski definition) is 1. The Kier molecular flexibility index (Phi) is 4.00. The molecule has 1 aromatic rings. The van der Waals surface area contributed by atoms with E-state index in [-0.39, 0.29) is 0 Å². The Labute approximate surface area is 103 Å². The molecule has 2 rings (SSSR count).